The molecule has 0 aliphatic carbocycles. The molecule has 0 saturated carbocycles. The van der Waals surface area contributed by atoms with Crippen LogP contribution in [-0.2, 0) is 6.42 Å². The molecule has 2 heterocycles. The lowest BCUT2D eigenvalue weighted by molar-refractivity contribution is 0.0942. The summed E-state index contributed by atoms with van der Waals surface area (Å²) in [6.07, 6.45) is 4.68. The van der Waals surface area contributed by atoms with Gasteiger partial charge in [0.15, 0.2) is 0 Å². The van der Waals surface area contributed by atoms with Crippen LogP contribution in [0.25, 0.3) is 0 Å². The smallest absolute Gasteiger partial charge is 0.252 e. The molecule has 1 unspecified atom stereocenters. The Morgan fingerprint density at radius 2 is 1.93 bits per heavy atom. The fraction of sp³-hybridized carbons (Fsp3) is 0.429. The molecule has 1 fully saturated rings. The monoisotopic (exact) mass is 371 g/mol. The van der Waals surface area contributed by atoms with Gasteiger partial charge in [-0.1, -0.05) is 12.1 Å². The highest BCUT2D eigenvalue weighted by atomic mass is 19.1. The maximum atomic E-state index is 12.9. The predicted molar refractivity (Wildman–Crippen MR) is 102 cm³/mol. The molecule has 2 aromatic rings. The van der Waals surface area contributed by atoms with Crippen molar-refractivity contribution in [2.75, 3.05) is 26.2 Å². The fourth-order valence-corrected chi connectivity index (χ4v) is 3.26. The van der Waals surface area contributed by atoms with E-state index in [1.165, 1.54) is 38.1 Å². The van der Waals surface area contributed by atoms with Crippen molar-refractivity contribution in [1.29, 1.82) is 0 Å². The minimum Gasteiger partial charge on any atom is -0.388 e. The zero-order chi connectivity index (χ0) is 19.1. The first-order chi connectivity index (χ1) is 13.1. The minimum atomic E-state index is -0.739. The van der Waals surface area contributed by atoms with Crippen molar-refractivity contribution >= 4 is 5.91 Å². The van der Waals surface area contributed by atoms with Crippen LogP contribution >= 0.6 is 0 Å². The Kier molecular flexibility index (Phi) is 6.90. The number of nitrogens with one attached hydrogen (secondary N) is 1. The third-order valence-electron chi connectivity index (χ3n) is 4.93. The Morgan fingerprint density at radius 3 is 2.59 bits per heavy atom. The molecule has 1 aliphatic rings. The molecule has 1 aliphatic heterocycles. The number of aliphatic hydroxyl groups excluding tert-OH is 1. The van der Waals surface area contributed by atoms with Crippen LogP contribution in [0.2, 0.25) is 0 Å². The molecule has 0 spiro atoms. The van der Waals surface area contributed by atoms with Gasteiger partial charge in [0, 0.05) is 31.4 Å². The van der Waals surface area contributed by atoms with Gasteiger partial charge < -0.3 is 15.3 Å². The highest BCUT2D eigenvalue weighted by molar-refractivity contribution is 5.93. The number of hydrogen-bond acceptors (Lipinski definition) is 4. The van der Waals surface area contributed by atoms with Crippen LogP contribution in [0.3, 0.4) is 0 Å². The Bertz CT molecular complexity index is 728. The number of nitrogens with zero attached hydrogens (tertiary/aromatic N) is 2. The van der Waals surface area contributed by atoms with E-state index in [1.807, 2.05) is 6.07 Å². The Morgan fingerprint density at radius 1 is 1.19 bits per heavy atom. The molecule has 5 nitrogen and oxygen atoms in total. The third kappa shape index (κ3) is 5.84. The van der Waals surface area contributed by atoms with Crippen molar-refractivity contribution in [3.05, 3.63) is 65.2 Å². The quantitative estimate of drug-likeness (QED) is 0.749. The number of amides is 1. The van der Waals surface area contributed by atoms with Crippen LogP contribution in [0.1, 0.15) is 47.0 Å². The van der Waals surface area contributed by atoms with Crippen LogP contribution in [0.5, 0.6) is 0 Å². The maximum Gasteiger partial charge on any atom is 0.252 e. The maximum absolute atomic E-state index is 12.9. The molecule has 27 heavy (non-hydrogen) atoms. The van der Waals surface area contributed by atoms with E-state index >= 15 is 0 Å². The molecular formula is C21H26FN3O2. The number of carbonyl (C=O) groups excluding carboxylic acids is 1. The van der Waals surface area contributed by atoms with Crippen molar-refractivity contribution in [3.63, 3.8) is 0 Å². The van der Waals surface area contributed by atoms with Crippen molar-refractivity contribution in [2.45, 2.75) is 31.8 Å². The Balaban J connectivity index is 1.41. The van der Waals surface area contributed by atoms with Gasteiger partial charge in [0.1, 0.15) is 5.82 Å². The second kappa shape index (κ2) is 9.58. The van der Waals surface area contributed by atoms with Crippen molar-refractivity contribution in [2.24, 2.45) is 0 Å². The molecule has 1 amide bonds. The normalized spacial score (nSPS) is 15.6. The minimum absolute atomic E-state index is 0.208. The standard InChI is InChI=1S/C21H26FN3O2/c22-18-6-3-16(4-7-18)20(26)9-11-23-21(27)17-5-8-19(24-15-17)10-14-25-12-1-2-13-25/h3-8,15,20,26H,1-2,9-14H2,(H,23,27). The lowest BCUT2D eigenvalue weighted by Crippen LogP contribution is -2.26. The molecule has 1 aromatic heterocycles. The first kappa shape index (κ1) is 19.5. The van der Waals surface area contributed by atoms with Crippen LogP contribution in [0.15, 0.2) is 42.6 Å². The molecule has 144 valence electrons. The number of hydrogen-bond donors (Lipinski definition) is 2. The van der Waals surface area contributed by atoms with Crippen LogP contribution in [0, 0.1) is 5.82 Å². The van der Waals surface area contributed by atoms with E-state index in [0.717, 1.165) is 18.7 Å². The van der Waals surface area contributed by atoms with E-state index in [9.17, 15) is 14.3 Å². The first-order valence-electron chi connectivity index (χ1n) is 9.51. The van der Waals surface area contributed by atoms with Gasteiger partial charge in [-0.2, -0.15) is 0 Å². The number of aromatic nitrogens is 1. The van der Waals surface area contributed by atoms with Gasteiger partial charge in [-0.3, -0.25) is 9.78 Å². The first-order valence-corrected chi connectivity index (χ1v) is 9.51. The summed E-state index contributed by atoms with van der Waals surface area (Å²) in [4.78, 5) is 19.0. The van der Waals surface area contributed by atoms with Crippen molar-refractivity contribution < 1.29 is 14.3 Å². The molecule has 1 saturated heterocycles. The van der Waals surface area contributed by atoms with Crippen molar-refractivity contribution in [3.8, 4) is 0 Å². The molecule has 0 bridgehead atoms. The molecule has 3 rings (SSSR count). The molecular weight excluding hydrogens is 345 g/mol. The Hall–Kier alpha value is -2.31. The zero-order valence-corrected chi connectivity index (χ0v) is 15.4. The lowest BCUT2D eigenvalue weighted by Gasteiger charge is -2.14. The molecule has 0 radical (unpaired) electrons. The van der Waals surface area contributed by atoms with Crippen LogP contribution in [0.4, 0.5) is 4.39 Å². The lowest BCUT2D eigenvalue weighted by atomic mass is 10.1. The number of carbonyl (C=O) groups is 1. The summed E-state index contributed by atoms with van der Waals surface area (Å²) < 4.78 is 12.9. The van der Waals surface area contributed by atoms with Crippen LogP contribution < -0.4 is 5.32 Å². The van der Waals surface area contributed by atoms with E-state index in [2.05, 4.69) is 15.2 Å². The topological polar surface area (TPSA) is 65.5 Å². The van der Waals surface area contributed by atoms with Gasteiger partial charge in [0.05, 0.1) is 11.7 Å². The summed E-state index contributed by atoms with van der Waals surface area (Å²) in [5.41, 5.74) is 2.14. The molecule has 1 atom stereocenters. The third-order valence-corrected chi connectivity index (χ3v) is 4.93. The van der Waals surface area contributed by atoms with Gasteiger partial charge in [-0.05, 0) is 62.2 Å². The van der Waals surface area contributed by atoms with Gasteiger partial charge in [0.2, 0.25) is 0 Å². The second-order valence-electron chi connectivity index (χ2n) is 6.95. The van der Waals surface area contributed by atoms with E-state index < -0.39 is 6.10 Å². The zero-order valence-electron chi connectivity index (χ0n) is 15.4. The fourth-order valence-electron chi connectivity index (χ4n) is 3.26. The number of aliphatic hydroxyl groups is 1. The number of likely N-dealkylation sites (tertiary alicyclic amines) is 1. The van der Waals surface area contributed by atoms with E-state index in [1.54, 1.807) is 24.4 Å². The summed E-state index contributed by atoms with van der Waals surface area (Å²) >= 11 is 0. The average molecular weight is 371 g/mol. The SMILES string of the molecule is O=C(NCCC(O)c1ccc(F)cc1)c1ccc(CCN2CCCC2)nc1. The summed E-state index contributed by atoms with van der Waals surface area (Å²) in [5, 5.41) is 12.9. The summed E-state index contributed by atoms with van der Waals surface area (Å²) in [6.45, 7) is 3.68. The molecule has 2 N–H and O–H groups in total. The second-order valence-corrected chi connectivity index (χ2v) is 6.95. The predicted octanol–water partition coefficient (Wildman–Crippen LogP) is 2.71. The number of pyridine rings is 1. The van der Waals surface area contributed by atoms with E-state index in [4.69, 9.17) is 0 Å². The number of halogens is 1. The average Bonchev–Trinajstić information content (AvgIpc) is 3.21. The molecule has 6 heteroatoms. The summed E-state index contributed by atoms with van der Waals surface area (Å²) in [6, 6.07) is 9.41. The van der Waals surface area contributed by atoms with E-state index in [0.29, 0.717) is 24.1 Å². The van der Waals surface area contributed by atoms with Crippen LogP contribution in [-0.4, -0.2) is 47.1 Å². The largest absolute Gasteiger partial charge is 0.388 e. The van der Waals surface area contributed by atoms with Gasteiger partial charge in [0.25, 0.3) is 5.91 Å². The highest BCUT2D eigenvalue weighted by Crippen LogP contribution is 2.16. The summed E-state index contributed by atoms with van der Waals surface area (Å²) in [5.74, 6) is -0.546. The Labute approximate surface area is 159 Å². The van der Waals surface area contributed by atoms with Gasteiger partial charge in [-0.15, -0.1) is 0 Å². The summed E-state index contributed by atoms with van der Waals surface area (Å²) in [7, 11) is 0. The number of rotatable bonds is 8. The van der Waals surface area contributed by atoms with Gasteiger partial charge in [-0.25, -0.2) is 4.39 Å². The number of benzene rings is 1. The molecule has 1 aromatic carbocycles. The van der Waals surface area contributed by atoms with Gasteiger partial charge >= 0.3 is 0 Å². The van der Waals surface area contributed by atoms with E-state index in [-0.39, 0.29) is 11.7 Å². The highest BCUT2D eigenvalue weighted by Gasteiger charge is 2.12. The van der Waals surface area contributed by atoms with Crippen molar-refractivity contribution in [1.82, 2.24) is 15.2 Å².